The van der Waals surface area contributed by atoms with Crippen LogP contribution in [0.4, 0.5) is 0 Å². The third-order valence-electron chi connectivity index (χ3n) is 8.09. The standard InChI is InChI=1S/C33H35N5O2/c1-4-16-37(5-2)25-14-17-38(21-25)33(39)23-10-8-22(9-11-23)31-30(40-3)13-12-27-32(31)26-18-28(35-20-29(26)36-27)24-7-6-15-34-19-24/h6-13,15,18-20,25,36H,4-5,14,16-17,21H2,1-3H3. The Morgan fingerprint density at radius 1 is 1.07 bits per heavy atom. The molecule has 204 valence electrons. The van der Waals surface area contributed by atoms with Crippen molar-refractivity contribution in [2.75, 3.05) is 33.3 Å². The van der Waals surface area contributed by atoms with Crippen LogP contribution in [0.1, 0.15) is 37.0 Å². The molecule has 0 saturated carbocycles. The summed E-state index contributed by atoms with van der Waals surface area (Å²) in [6.07, 6.45) is 7.63. The molecule has 40 heavy (non-hydrogen) atoms. The van der Waals surface area contributed by atoms with Crippen molar-refractivity contribution in [3.8, 4) is 28.1 Å². The van der Waals surface area contributed by atoms with Crippen molar-refractivity contribution in [1.82, 2.24) is 24.8 Å². The molecule has 1 fully saturated rings. The first-order valence-corrected chi connectivity index (χ1v) is 14.1. The maximum atomic E-state index is 13.4. The minimum atomic E-state index is 0.103. The smallest absolute Gasteiger partial charge is 0.253 e. The van der Waals surface area contributed by atoms with Crippen LogP contribution >= 0.6 is 0 Å². The Morgan fingerprint density at radius 2 is 1.93 bits per heavy atom. The normalized spacial score (nSPS) is 15.4. The summed E-state index contributed by atoms with van der Waals surface area (Å²) in [6, 6.07) is 18.5. The van der Waals surface area contributed by atoms with E-state index in [9.17, 15) is 4.79 Å². The lowest BCUT2D eigenvalue weighted by molar-refractivity contribution is 0.0777. The minimum Gasteiger partial charge on any atom is -0.496 e. The molecule has 5 aromatic rings. The van der Waals surface area contributed by atoms with E-state index in [0.29, 0.717) is 6.04 Å². The topological polar surface area (TPSA) is 74.3 Å². The number of H-pyrrole nitrogens is 1. The summed E-state index contributed by atoms with van der Waals surface area (Å²) >= 11 is 0. The molecule has 7 nitrogen and oxygen atoms in total. The van der Waals surface area contributed by atoms with Crippen LogP contribution in [-0.4, -0.2) is 70.0 Å². The average Bonchev–Trinajstić information content (AvgIpc) is 3.64. The SMILES string of the molecule is CCCN(CC)C1CCN(C(=O)c2ccc(-c3c(OC)ccc4[nH]c5cnc(-c6cccnc6)cc5c34)cc2)C1. The number of carbonyl (C=O) groups excluding carboxylic acids is 1. The number of fused-ring (bicyclic) bond motifs is 3. The zero-order valence-electron chi connectivity index (χ0n) is 23.4. The number of nitrogens with one attached hydrogen (secondary N) is 1. The fraction of sp³-hybridized carbons (Fsp3) is 0.303. The zero-order valence-corrected chi connectivity index (χ0v) is 23.4. The fourth-order valence-corrected chi connectivity index (χ4v) is 6.08. The Bertz CT molecular complexity index is 1650. The van der Waals surface area contributed by atoms with Crippen LogP contribution < -0.4 is 4.74 Å². The molecule has 1 amide bonds. The van der Waals surface area contributed by atoms with Gasteiger partial charge in [0.15, 0.2) is 0 Å². The highest BCUT2D eigenvalue weighted by Crippen LogP contribution is 2.41. The van der Waals surface area contributed by atoms with Crippen LogP contribution in [0.5, 0.6) is 5.75 Å². The number of likely N-dealkylation sites (tertiary alicyclic amines) is 1. The van der Waals surface area contributed by atoms with Gasteiger partial charge in [0, 0.05) is 64.5 Å². The molecule has 1 unspecified atom stereocenters. The van der Waals surface area contributed by atoms with E-state index < -0.39 is 0 Å². The molecular weight excluding hydrogens is 498 g/mol. The van der Waals surface area contributed by atoms with Gasteiger partial charge < -0.3 is 14.6 Å². The molecule has 6 rings (SSSR count). The minimum absolute atomic E-state index is 0.103. The summed E-state index contributed by atoms with van der Waals surface area (Å²) in [4.78, 5) is 30.4. The van der Waals surface area contributed by atoms with Gasteiger partial charge in [0.2, 0.25) is 0 Å². The number of hydrogen-bond acceptors (Lipinski definition) is 5. The quantitative estimate of drug-likeness (QED) is 0.250. The molecule has 0 aliphatic carbocycles. The Kier molecular flexibility index (Phi) is 7.22. The van der Waals surface area contributed by atoms with Crippen molar-refractivity contribution in [2.45, 2.75) is 32.7 Å². The van der Waals surface area contributed by atoms with E-state index in [1.165, 1.54) is 0 Å². The number of methoxy groups -OCH3 is 1. The first-order chi connectivity index (χ1) is 19.6. The van der Waals surface area contributed by atoms with Gasteiger partial charge in [-0.3, -0.25) is 19.7 Å². The predicted octanol–water partition coefficient (Wildman–Crippen LogP) is 6.40. The number of aromatic amines is 1. The molecule has 1 N–H and O–H groups in total. The molecule has 0 bridgehead atoms. The molecule has 7 heteroatoms. The first kappa shape index (κ1) is 26.0. The Morgan fingerprint density at radius 3 is 2.65 bits per heavy atom. The Labute approximate surface area is 234 Å². The molecule has 4 heterocycles. The second kappa shape index (κ2) is 11.1. The summed E-state index contributed by atoms with van der Waals surface area (Å²) in [5.74, 6) is 0.885. The molecule has 1 atom stereocenters. The van der Waals surface area contributed by atoms with Crippen LogP contribution in [0.25, 0.3) is 44.2 Å². The summed E-state index contributed by atoms with van der Waals surface area (Å²) in [5, 5.41) is 2.13. The van der Waals surface area contributed by atoms with Crippen molar-refractivity contribution in [3.05, 3.63) is 78.8 Å². The third-order valence-corrected chi connectivity index (χ3v) is 8.09. The van der Waals surface area contributed by atoms with Crippen molar-refractivity contribution in [1.29, 1.82) is 0 Å². The van der Waals surface area contributed by atoms with Gasteiger partial charge >= 0.3 is 0 Å². The number of benzene rings is 2. The number of hydrogen-bond donors (Lipinski definition) is 1. The summed E-state index contributed by atoms with van der Waals surface area (Å²) in [5.41, 5.74) is 6.50. The van der Waals surface area contributed by atoms with Crippen LogP contribution in [-0.2, 0) is 0 Å². The first-order valence-electron chi connectivity index (χ1n) is 14.1. The maximum Gasteiger partial charge on any atom is 0.253 e. The lowest BCUT2D eigenvalue weighted by atomic mass is 9.97. The van der Waals surface area contributed by atoms with Crippen molar-refractivity contribution in [2.24, 2.45) is 0 Å². The van der Waals surface area contributed by atoms with Crippen LogP contribution in [0.2, 0.25) is 0 Å². The lowest BCUT2D eigenvalue weighted by Gasteiger charge is -2.27. The molecule has 1 saturated heterocycles. The third kappa shape index (κ3) is 4.71. The molecule has 1 aliphatic rings. The molecule has 1 aliphatic heterocycles. The van der Waals surface area contributed by atoms with E-state index in [0.717, 1.165) is 94.5 Å². The van der Waals surface area contributed by atoms with Gasteiger partial charge in [-0.1, -0.05) is 26.0 Å². The second-order valence-electron chi connectivity index (χ2n) is 10.4. The van der Waals surface area contributed by atoms with Crippen molar-refractivity contribution >= 4 is 27.7 Å². The molecule has 0 spiro atoms. The predicted molar refractivity (Wildman–Crippen MR) is 161 cm³/mol. The van der Waals surface area contributed by atoms with E-state index >= 15 is 0 Å². The van der Waals surface area contributed by atoms with Crippen molar-refractivity contribution in [3.63, 3.8) is 0 Å². The van der Waals surface area contributed by atoms with E-state index in [1.54, 1.807) is 13.3 Å². The lowest BCUT2D eigenvalue weighted by Crippen LogP contribution is -2.39. The number of ether oxygens (including phenoxy) is 1. The molecule has 0 radical (unpaired) electrons. The Hall–Kier alpha value is -4.23. The highest BCUT2D eigenvalue weighted by Gasteiger charge is 2.30. The number of nitrogens with zero attached hydrogens (tertiary/aromatic N) is 4. The monoisotopic (exact) mass is 533 g/mol. The average molecular weight is 534 g/mol. The van der Waals surface area contributed by atoms with Crippen LogP contribution in [0.15, 0.2) is 73.2 Å². The van der Waals surface area contributed by atoms with Gasteiger partial charge in [0.1, 0.15) is 5.75 Å². The van der Waals surface area contributed by atoms with Gasteiger partial charge in [-0.25, -0.2) is 0 Å². The van der Waals surface area contributed by atoms with Gasteiger partial charge in [-0.2, -0.15) is 0 Å². The number of rotatable bonds is 8. The second-order valence-corrected chi connectivity index (χ2v) is 10.4. The van der Waals surface area contributed by atoms with Gasteiger partial charge in [-0.05, 0) is 74.0 Å². The summed E-state index contributed by atoms with van der Waals surface area (Å²) in [6.45, 7) is 8.13. The number of likely N-dealkylation sites (N-methyl/N-ethyl adjacent to an activating group) is 1. The molecule has 3 aromatic heterocycles. The van der Waals surface area contributed by atoms with E-state index in [1.807, 2.05) is 65.8 Å². The van der Waals surface area contributed by atoms with Gasteiger partial charge in [-0.15, -0.1) is 0 Å². The highest BCUT2D eigenvalue weighted by atomic mass is 16.5. The van der Waals surface area contributed by atoms with E-state index in [2.05, 4.69) is 39.8 Å². The van der Waals surface area contributed by atoms with E-state index in [-0.39, 0.29) is 5.91 Å². The number of carbonyl (C=O) groups is 1. The molecular formula is C33H35N5O2. The van der Waals surface area contributed by atoms with Gasteiger partial charge in [0.05, 0.1) is 24.5 Å². The number of aromatic nitrogens is 3. The summed E-state index contributed by atoms with van der Waals surface area (Å²) in [7, 11) is 1.70. The fourth-order valence-electron chi connectivity index (χ4n) is 6.08. The van der Waals surface area contributed by atoms with Gasteiger partial charge in [0.25, 0.3) is 5.91 Å². The zero-order chi connectivity index (χ0) is 27.6. The number of amides is 1. The molecule has 2 aromatic carbocycles. The number of pyridine rings is 2. The van der Waals surface area contributed by atoms with E-state index in [4.69, 9.17) is 4.74 Å². The van der Waals surface area contributed by atoms with Crippen LogP contribution in [0.3, 0.4) is 0 Å². The summed E-state index contributed by atoms with van der Waals surface area (Å²) < 4.78 is 5.85. The Balaban J connectivity index is 1.35. The highest BCUT2D eigenvalue weighted by molar-refractivity contribution is 6.16. The van der Waals surface area contributed by atoms with Crippen LogP contribution in [0, 0.1) is 0 Å². The maximum absolute atomic E-state index is 13.4. The van der Waals surface area contributed by atoms with Crippen molar-refractivity contribution < 1.29 is 9.53 Å². The largest absolute Gasteiger partial charge is 0.496 e.